The van der Waals surface area contributed by atoms with Crippen molar-refractivity contribution in [3.8, 4) is 0 Å². The van der Waals surface area contributed by atoms with E-state index in [-0.39, 0.29) is 17.7 Å². The van der Waals surface area contributed by atoms with Crippen molar-refractivity contribution < 1.29 is 9.59 Å². The van der Waals surface area contributed by atoms with Crippen LogP contribution in [-0.2, 0) is 9.59 Å². The van der Waals surface area contributed by atoms with Crippen molar-refractivity contribution in [2.75, 3.05) is 23.3 Å². The van der Waals surface area contributed by atoms with Gasteiger partial charge in [-0.1, -0.05) is 6.42 Å². The lowest BCUT2D eigenvalue weighted by Crippen LogP contribution is -2.38. The fraction of sp³-hybridized carbons (Fsp3) is 0.619. The van der Waals surface area contributed by atoms with Crippen LogP contribution in [0.1, 0.15) is 44.9 Å². The molecule has 0 spiro atoms. The monoisotopic (exact) mass is 355 g/mol. The maximum Gasteiger partial charge on any atom is 0.224 e. The molecule has 0 radical (unpaired) electrons. The van der Waals surface area contributed by atoms with Crippen molar-refractivity contribution in [3.63, 3.8) is 0 Å². The maximum atomic E-state index is 12.4. The van der Waals surface area contributed by atoms with Crippen molar-refractivity contribution in [3.05, 3.63) is 24.3 Å². The first kappa shape index (κ1) is 17.4. The van der Waals surface area contributed by atoms with E-state index < -0.39 is 0 Å². The number of benzene rings is 1. The molecule has 2 saturated carbocycles. The number of hydrogen-bond acceptors (Lipinski definition) is 3. The summed E-state index contributed by atoms with van der Waals surface area (Å²) in [6.07, 6.45) is 7.60. The van der Waals surface area contributed by atoms with Gasteiger partial charge in [-0.15, -0.1) is 0 Å². The largest absolute Gasteiger partial charge is 0.371 e. The number of carbonyl (C=O) groups excluding carboxylic acids is 2. The van der Waals surface area contributed by atoms with E-state index in [4.69, 9.17) is 5.73 Å². The highest BCUT2D eigenvalue weighted by Gasteiger charge is 2.40. The number of carbonyl (C=O) groups is 2. The minimum atomic E-state index is -0.182. The minimum absolute atomic E-state index is 0.00987. The molecule has 3 atom stereocenters. The van der Waals surface area contributed by atoms with Gasteiger partial charge in [0.1, 0.15) is 0 Å². The zero-order chi connectivity index (χ0) is 18.1. The summed E-state index contributed by atoms with van der Waals surface area (Å²) in [5.74, 6) is 2.25. The number of hydrogen-bond donors (Lipinski definition) is 2. The second-order valence-corrected chi connectivity index (χ2v) is 8.40. The molecule has 2 amide bonds. The summed E-state index contributed by atoms with van der Waals surface area (Å²) in [6, 6.07) is 8.07. The Bertz CT molecular complexity index is 664. The van der Waals surface area contributed by atoms with Crippen LogP contribution in [0.15, 0.2) is 24.3 Å². The third-order valence-electron chi connectivity index (χ3n) is 6.75. The predicted molar refractivity (Wildman–Crippen MR) is 103 cm³/mol. The highest BCUT2D eigenvalue weighted by atomic mass is 16.2. The van der Waals surface area contributed by atoms with Crippen molar-refractivity contribution >= 4 is 23.2 Å². The second-order valence-electron chi connectivity index (χ2n) is 8.40. The molecule has 3 aliphatic rings. The molecule has 0 aromatic heterocycles. The first-order valence-electron chi connectivity index (χ1n) is 10.0. The molecular weight excluding hydrogens is 326 g/mol. The van der Waals surface area contributed by atoms with E-state index in [2.05, 4.69) is 22.3 Å². The molecule has 140 valence electrons. The number of nitrogens with one attached hydrogen (secondary N) is 1. The highest BCUT2D eigenvalue weighted by Crippen LogP contribution is 2.49. The standard InChI is InChI=1S/C21H29N3O2/c22-21(26)15-7-9-24(10-8-15)19-5-3-18(4-6-19)23-20(25)13-17-12-14-1-2-16(17)11-14/h3-6,14-17H,1-2,7-13H2,(H2,22,26)(H,23,25)/t14-,16-,17+/m0/s1. The lowest BCUT2D eigenvalue weighted by Gasteiger charge is -2.32. The quantitative estimate of drug-likeness (QED) is 0.852. The van der Waals surface area contributed by atoms with E-state index in [1.54, 1.807) is 0 Å². The van der Waals surface area contributed by atoms with Crippen molar-refractivity contribution in [2.24, 2.45) is 29.4 Å². The van der Waals surface area contributed by atoms with Crippen LogP contribution in [0.3, 0.4) is 0 Å². The molecule has 1 aliphatic heterocycles. The van der Waals surface area contributed by atoms with Crippen molar-refractivity contribution in [2.45, 2.75) is 44.9 Å². The van der Waals surface area contributed by atoms with Gasteiger partial charge < -0.3 is 16.0 Å². The SMILES string of the molecule is NC(=O)C1CCN(c2ccc(NC(=O)C[C@H]3C[C@H]4CC[C@H]3C4)cc2)CC1. The van der Waals surface area contributed by atoms with Crippen LogP contribution >= 0.6 is 0 Å². The third kappa shape index (κ3) is 3.71. The predicted octanol–water partition coefficient (Wildman–Crippen LogP) is 3.15. The fourth-order valence-corrected chi connectivity index (χ4v) is 5.25. The van der Waals surface area contributed by atoms with Crippen molar-refractivity contribution in [1.29, 1.82) is 0 Å². The average Bonchev–Trinajstić information content (AvgIpc) is 3.25. The number of amides is 2. The number of piperidine rings is 1. The Hall–Kier alpha value is -2.04. The van der Waals surface area contributed by atoms with Gasteiger partial charge >= 0.3 is 0 Å². The summed E-state index contributed by atoms with van der Waals surface area (Å²) in [5, 5.41) is 3.06. The molecule has 5 heteroatoms. The van der Waals surface area contributed by atoms with Crippen LogP contribution in [0, 0.1) is 23.7 Å². The van der Waals surface area contributed by atoms with E-state index in [1.165, 1.54) is 25.7 Å². The summed E-state index contributed by atoms with van der Waals surface area (Å²) in [4.78, 5) is 25.9. The zero-order valence-electron chi connectivity index (χ0n) is 15.3. The lowest BCUT2D eigenvalue weighted by atomic mass is 9.86. The second kappa shape index (κ2) is 7.29. The van der Waals surface area contributed by atoms with E-state index in [1.807, 2.05) is 12.1 Å². The molecule has 0 unspecified atom stereocenters. The Morgan fingerprint density at radius 3 is 2.35 bits per heavy atom. The van der Waals surface area contributed by atoms with Crippen LogP contribution in [0.5, 0.6) is 0 Å². The first-order valence-corrected chi connectivity index (χ1v) is 10.0. The molecule has 1 aromatic carbocycles. The van der Waals surface area contributed by atoms with Crippen LogP contribution < -0.4 is 16.0 Å². The number of primary amides is 1. The van der Waals surface area contributed by atoms with E-state index in [9.17, 15) is 9.59 Å². The van der Waals surface area contributed by atoms with E-state index >= 15 is 0 Å². The van der Waals surface area contributed by atoms with Gasteiger partial charge in [-0.25, -0.2) is 0 Å². The lowest BCUT2D eigenvalue weighted by molar-refractivity contribution is -0.122. The maximum absolute atomic E-state index is 12.4. The van der Waals surface area contributed by atoms with Gasteiger partial charge in [-0.3, -0.25) is 9.59 Å². The van der Waals surface area contributed by atoms with Crippen LogP contribution in [0.2, 0.25) is 0 Å². The van der Waals surface area contributed by atoms with Crippen LogP contribution in [-0.4, -0.2) is 24.9 Å². The van der Waals surface area contributed by atoms with Gasteiger partial charge in [0.15, 0.2) is 0 Å². The summed E-state index contributed by atoms with van der Waals surface area (Å²) in [6.45, 7) is 1.70. The van der Waals surface area contributed by atoms with Gasteiger partial charge in [0.2, 0.25) is 11.8 Å². The summed E-state index contributed by atoms with van der Waals surface area (Å²) in [5.41, 5.74) is 7.41. The average molecular weight is 355 g/mol. The smallest absolute Gasteiger partial charge is 0.224 e. The van der Waals surface area contributed by atoms with Gasteiger partial charge in [-0.2, -0.15) is 0 Å². The van der Waals surface area contributed by atoms with Crippen LogP contribution in [0.4, 0.5) is 11.4 Å². The number of fused-ring (bicyclic) bond motifs is 2. The molecule has 1 saturated heterocycles. The van der Waals surface area contributed by atoms with Crippen molar-refractivity contribution in [1.82, 2.24) is 0 Å². The molecule has 26 heavy (non-hydrogen) atoms. The Kier molecular flexibility index (Phi) is 4.88. The summed E-state index contributed by atoms with van der Waals surface area (Å²) < 4.78 is 0. The molecule has 4 rings (SSSR count). The molecule has 5 nitrogen and oxygen atoms in total. The van der Waals surface area contributed by atoms with Gasteiger partial charge in [0, 0.05) is 36.8 Å². The van der Waals surface area contributed by atoms with Gasteiger partial charge in [0.05, 0.1) is 0 Å². The Labute approximate surface area is 155 Å². The number of rotatable bonds is 5. The van der Waals surface area contributed by atoms with Gasteiger partial charge in [-0.05, 0) is 74.1 Å². The molecular formula is C21H29N3O2. The Balaban J connectivity index is 1.28. The topological polar surface area (TPSA) is 75.4 Å². The van der Waals surface area contributed by atoms with Crippen LogP contribution in [0.25, 0.3) is 0 Å². The molecule has 3 fully saturated rings. The van der Waals surface area contributed by atoms with E-state index in [0.29, 0.717) is 12.3 Å². The molecule has 3 N–H and O–H groups in total. The Morgan fingerprint density at radius 2 is 1.77 bits per heavy atom. The third-order valence-corrected chi connectivity index (χ3v) is 6.75. The Morgan fingerprint density at radius 1 is 1.04 bits per heavy atom. The van der Waals surface area contributed by atoms with Gasteiger partial charge in [0.25, 0.3) is 0 Å². The zero-order valence-corrected chi connectivity index (χ0v) is 15.3. The molecule has 1 heterocycles. The highest BCUT2D eigenvalue weighted by molar-refractivity contribution is 5.91. The fourth-order valence-electron chi connectivity index (χ4n) is 5.25. The molecule has 2 aliphatic carbocycles. The number of nitrogens with two attached hydrogens (primary N) is 1. The molecule has 1 aromatic rings. The van der Waals surface area contributed by atoms with E-state index in [0.717, 1.165) is 49.1 Å². The number of anilines is 2. The minimum Gasteiger partial charge on any atom is -0.371 e. The summed E-state index contributed by atoms with van der Waals surface area (Å²) in [7, 11) is 0. The normalized spacial score (nSPS) is 28.3. The first-order chi connectivity index (χ1) is 12.6. The number of nitrogens with zero attached hydrogens (tertiary/aromatic N) is 1. The summed E-state index contributed by atoms with van der Waals surface area (Å²) >= 11 is 0. The molecule has 2 bridgehead atoms.